The third-order valence-electron chi connectivity index (χ3n) is 4.96. The fraction of sp³-hybridized carbons (Fsp3) is 0.364. The van der Waals surface area contributed by atoms with Gasteiger partial charge in [-0.15, -0.1) is 0 Å². The van der Waals surface area contributed by atoms with Gasteiger partial charge in [-0.2, -0.15) is 0 Å². The number of nitrogens with one attached hydrogen (secondary N) is 1. The number of carbonyl (C=O) groups is 2. The van der Waals surface area contributed by atoms with Crippen LogP contribution in [0.3, 0.4) is 0 Å². The summed E-state index contributed by atoms with van der Waals surface area (Å²) in [6, 6.07) is 18.9. The van der Waals surface area contributed by atoms with Gasteiger partial charge >= 0.3 is 0 Å². The molecule has 0 radical (unpaired) electrons. The number of nitrogens with zero attached hydrogens (tertiary/aromatic N) is 1. The van der Waals surface area contributed by atoms with Gasteiger partial charge in [0.15, 0.2) is 0 Å². The van der Waals surface area contributed by atoms with E-state index in [1.54, 1.807) is 0 Å². The normalized spacial score (nSPS) is 16.1. The van der Waals surface area contributed by atoms with Gasteiger partial charge in [0.2, 0.25) is 11.8 Å². The Morgan fingerprint density at radius 1 is 0.923 bits per heavy atom. The molecule has 0 aliphatic carbocycles. The molecule has 0 saturated carbocycles. The van der Waals surface area contributed by atoms with Crippen molar-refractivity contribution in [1.82, 2.24) is 10.2 Å². The molecule has 0 aromatic heterocycles. The van der Waals surface area contributed by atoms with Crippen LogP contribution >= 0.6 is 0 Å². The molecule has 26 heavy (non-hydrogen) atoms. The zero-order chi connectivity index (χ0) is 18.4. The van der Waals surface area contributed by atoms with Crippen molar-refractivity contribution in [3.63, 3.8) is 0 Å². The van der Waals surface area contributed by atoms with Crippen LogP contribution in [0, 0.1) is 0 Å². The summed E-state index contributed by atoms with van der Waals surface area (Å²) in [6.07, 6.45) is 2.43. The minimum Gasteiger partial charge on any atom is -0.341 e. The molecule has 2 aromatic carbocycles. The maximum absolute atomic E-state index is 12.9. The second kappa shape index (κ2) is 8.65. The number of carbonyl (C=O) groups excluding carboxylic acids is 2. The highest BCUT2D eigenvalue weighted by Crippen LogP contribution is 2.22. The molecule has 2 atom stereocenters. The van der Waals surface area contributed by atoms with Crippen LogP contribution in [0.1, 0.15) is 49.3 Å². The molecule has 1 aliphatic heterocycles. The second-order valence-corrected chi connectivity index (χ2v) is 6.96. The van der Waals surface area contributed by atoms with E-state index in [1.807, 2.05) is 72.5 Å². The number of hydrogen-bond acceptors (Lipinski definition) is 2. The maximum atomic E-state index is 12.9. The summed E-state index contributed by atoms with van der Waals surface area (Å²) in [5, 5.41) is 2.98. The van der Waals surface area contributed by atoms with Crippen LogP contribution in [0.25, 0.3) is 0 Å². The van der Waals surface area contributed by atoms with Crippen molar-refractivity contribution in [2.75, 3.05) is 13.1 Å². The summed E-state index contributed by atoms with van der Waals surface area (Å²) in [4.78, 5) is 27.5. The Balaban J connectivity index is 1.70. The maximum Gasteiger partial charge on any atom is 0.249 e. The molecule has 136 valence electrons. The first-order valence-electron chi connectivity index (χ1n) is 9.33. The van der Waals surface area contributed by atoms with E-state index in [9.17, 15) is 9.59 Å². The van der Waals surface area contributed by atoms with Gasteiger partial charge < -0.3 is 10.2 Å². The predicted octanol–water partition coefficient (Wildman–Crippen LogP) is 3.66. The number of amides is 2. The summed E-state index contributed by atoms with van der Waals surface area (Å²) in [5.74, 6) is 0.00618. The van der Waals surface area contributed by atoms with E-state index in [4.69, 9.17) is 0 Å². The fourth-order valence-electron chi connectivity index (χ4n) is 3.45. The highest BCUT2D eigenvalue weighted by atomic mass is 16.2. The quantitative estimate of drug-likeness (QED) is 0.864. The highest BCUT2D eigenvalue weighted by Gasteiger charge is 2.29. The number of likely N-dealkylation sites (tertiary alicyclic amines) is 1. The van der Waals surface area contributed by atoms with Gasteiger partial charge in [-0.1, -0.05) is 67.6 Å². The summed E-state index contributed by atoms with van der Waals surface area (Å²) in [5.41, 5.74) is 1.97. The van der Waals surface area contributed by atoms with E-state index in [2.05, 4.69) is 5.32 Å². The molecule has 4 nitrogen and oxygen atoms in total. The number of rotatable bonds is 6. The van der Waals surface area contributed by atoms with Gasteiger partial charge in [-0.25, -0.2) is 0 Å². The highest BCUT2D eigenvalue weighted by molar-refractivity contribution is 5.89. The van der Waals surface area contributed by atoms with Gasteiger partial charge in [-0.05, 0) is 29.9 Å². The van der Waals surface area contributed by atoms with Crippen molar-refractivity contribution in [3.8, 4) is 0 Å². The topological polar surface area (TPSA) is 49.4 Å². The Morgan fingerprint density at radius 3 is 2.04 bits per heavy atom. The lowest BCUT2D eigenvalue weighted by Crippen LogP contribution is -2.42. The molecule has 4 heteroatoms. The van der Waals surface area contributed by atoms with Crippen molar-refractivity contribution < 1.29 is 9.59 Å². The molecular weight excluding hydrogens is 324 g/mol. The molecule has 1 N–H and O–H groups in total. The van der Waals surface area contributed by atoms with Crippen molar-refractivity contribution in [1.29, 1.82) is 0 Å². The molecule has 2 amide bonds. The standard InChI is InChI=1S/C22H26N2O2/c1-17(18-10-4-2-5-11-18)16-20(25)23-21(19-12-6-3-7-13-19)22(26)24-14-8-9-15-24/h2-7,10-13,17,21H,8-9,14-16H2,1H3,(H,23,25). The lowest BCUT2D eigenvalue weighted by Gasteiger charge is -2.25. The third-order valence-corrected chi connectivity index (χ3v) is 4.96. The van der Waals surface area contributed by atoms with Crippen molar-refractivity contribution in [3.05, 3.63) is 71.8 Å². The van der Waals surface area contributed by atoms with E-state index in [0.29, 0.717) is 6.42 Å². The summed E-state index contributed by atoms with van der Waals surface area (Å²) in [6.45, 7) is 3.59. The molecule has 0 bridgehead atoms. The Labute approximate surface area is 155 Å². The molecule has 2 aromatic rings. The molecular formula is C22H26N2O2. The summed E-state index contributed by atoms with van der Waals surface area (Å²) >= 11 is 0. The molecule has 0 spiro atoms. The molecule has 2 unspecified atom stereocenters. The first-order chi connectivity index (χ1) is 12.6. The molecule has 1 aliphatic rings. The van der Waals surface area contributed by atoms with Crippen molar-refractivity contribution in [2.45, 2.75) is 38.1 Å². The SMILES string of the molecule is CC(CC(=O)NC(C(=O)N1CCCC1)c1ccccc1)c1ccccc1. The lowest BCUT2D eigenvalue weighted by molar-refractivity contribution is -0.135. The van der Waals surface area contributed by atoms with Crippen LogP contribution in [0.4, 0.5) is 0 Å². The molecule has 1 heterocycles. The smallest absolute Gasteiger partial charge is 0.249 e. The van der Waals surface area contributed by atoms with Crippen LogP contribution in [0.5, 0.6) is 0 Å². The third kappa shape index (κ3) is 4.51. The zero-order valence-corrected chi connectivity index (χ0v) is 15.2. The average Bonchev–Trinajstić information content (AvgIpc) is 3.22. The largest absolute Gasteiger partial charge is 0.341 e. The average molecular weight is 350 g/mol. The minimum absolute atomic E-state index is 0.00517. The molecule has 1 saturated heterocycles. The second-order valence-electron chi connectivity index (χ2n) is 6.96. The Kier molecular flexibility index (Phi) is 6.05. The number of hydrogen-bond donors (Lipinski definition) is 1. The zero-order valence-electron chi connectivity index (χ0n) is 15.2. The van der Waals surface area contributed by atoms with E-state index < -0.39 is 6.04 Å². The van der Waals surface area contributed by atoms with Gasteiger partial charge in [0.1, 0.15) is 6.04 Å². The van der Waals surface area contributed by atoms with E-state index >= 15 is 0 Å². The monoisotopic (exact) mass is 350 g/mol. The van der Waals surface area contributed by atoms with Crippen LogP contribution in [-0.2, 0) is 9.59 Å². The minimum atomic E-state index is -0.607. The van der Waals surface area contributed by atoms with Crippen LogP contribution < -0.4 is 5.32 Å². The Morgan fingerprint density at radius 2 is 1.46 bits per heavy atom. The van der Waals surface area contributed by atoms with E-state index in [1.165, 1.54) is 0 Å². The molecule has 3 rings (SSSR count). The van der Waals surface area contributed by atoms with Gasteiger partial charge in [0, 0.05) is 19.5 Å². The van der Waals surface area contributed by atoms with E-state index in [0.717, 1.165) is 37.1 Å². The summed E-state index contributed by atoms with van der Waals surface area (Å²) in [7, 11) is 0. The fourth-order valence-corrected chi connectivity index (χ4v) is 3.45. The van der Waals surface area contributed by atoms with Gasteiger partial charge in [0.05, 0.1) is 0 Å². The lowest BCUT2D eigenvalue weighted by atomic mass is 9.97. The molecule has 1 fully saturated rings. The first kappa shape index (κ1) is 18.2. The van der Waals surface area contributed by atoms with Crippen molar-refractivity contribution >= 4 is 11.8 Å². The van der Waals surface area contributed by atoms with Gasteiger partial charge in [0.25, 0.3) is 0 Å². The number of benzene rings is 2. The van der Waals surface area contributed by atoms with Gasteiger partial charge in [-0.3, -0.25) is 9.59 Å². The van der Waals surface area contributed by atoms with Crippen LogP contribution in [0.2, 0.25) is 0 Å². The van der Waals surface area contributed by atoms with Crippen LogP contribution in [-0.4, -0.2) is 29.8 Å². The summed E-state index contributed by atoms with van der Waals surface area (Å²) < 4.78 is 0. The van der Waals surface area contributed by atoms with Crippen molar-refractivity contribution in [2.24, 2.45) is 0 Å². The van der Waals surface area contributed by atoms with Crippen LogP contribution in [0.15, 0.2) is 60.7 Å². The Hall–Kier alpha value is -2.62. The predicted molar refractivity (Wildman–Crippen MR) is 103 cm³/mol. The van der Waals surface area contributed by atoms with E-state index in [-0.39, 0.29) is 17.7 Å². The first-order valence-corrected chi connectivity index (χ1v) is 9.33. The Bertz CT molecular complexity index is 724.